The molecular weight excluding hydrogens is 388 g/mol. The highest BCUT2D eigenvalue weighted by atomic mass is 35.5. The summed E-state index contributed by atoms with van der Waals surface area (Å²) in [6.45, 7) is 2.18. The van der Waals surface area contributed by atoms with Gasteiger partial charge < -0.3 is 14.8 Å². The maximum Gasteiger partial charge on any atom is 0.325 e. The number of amides is 3. The molecule has 0 bridgehead atoms. The quantitative estimate of drug-likeness (QED) is 0.608. The molecule has 0 aliphatic carbocycles. The maximum absolute atomic E-state index is 13.0. The molecule has 4 rings (SSSR count). The molecule has 140 valence electrons. The zero-order valence-corrected chi connectivity index (χ0v) is 16.1. The third-order valence-corrected chi connectivity index (χ3v) is 5.87. The van der Waals surface area contributed by atoms with Gasteiger partial charge >= 0.3 is 6.03 Å². The van der Waals surface area contributed by atoms with E-state index in [9.17, 15) is 9.59 Å². The molecule has 1 unspecified atom stereocenters. The SMILES string of the molecule is CC1(c2ccc3c(c2)OCO3)NC(=O)N(CCSc2ccc(Cl)cc2)C1=O. The molecule has 0 aromatic heterocycles. The monoisotopic (exact) mass is 404 g/mol. The van der Waals surface area contributed by atoms with Gasteiger partial charge in [0, 0.05) is 22.2 Å². The summed E-state index contributed by atoms with van der Waals surface area (Å²) in [6.07, 6.45) is 0. The summed E-state index contributed by atoms with van der Waals surface area (Å²) in [6, 6.07) is 12.3. The highest BCUT2D eigenvalue weighted by Gasteiger charge is 2.49. The van der Waals surface area contributed by atoms with Gasteiger partial charge in [-0.05, 0) is 48.9 Å². The van der Waals surface area contributed by atoms with Crippen LogP contribution in [0.5, 0.6) is 11.5 Å². The average Bonchev–Trinajstić information content (AvgIpc) is 3.21. The number of rotatable bonds is 5. The third-order valence-electron chi connectivity index (χ3n) is 4.62. The molecule has 2 aliphatic heterocycles. The summed E-state index contributed by atoms with van der Waals surface area (Å²) >= 11 is 7.44. The van der Waals surface area contributed by atoms with Gasteiger partial charge in [0.15, 0.2) is 11.5 Å². The van der Waals surface area contributed by atoms with E-state index in [1.807, 2.05) is 24.3 Å². The standard InChI is InChI=1S/C19H17ClN2O4S/c1-19(12-2-7-15-16(10-12)26-11-25-15)17(23)22(18(24)21-19)8-9-27-14-5-3-13(20)4-6-14/h2-7,10H,8-9,11H2,1H3,(H,21,24). The van der Waals surface area contributed by atoms with E-state index in [0.717, 1.165) is 4.90 Å². The Morgan fingerprint density at radius 2 is 1.89 bits per heavy atom. The predicted molar refractivity (Wildman–Crippen MR) is 102 cm³/mol. The van der Waals surface area contributed by atoms with Crippen molar-refractivity contribution in [1.82, 2.24) is 10.2 Å². The van der Waals surface area contributed by atoms with Crippen LogP contribution in [-0.2, 0) is 10.3 Å². The van der Waals surface area contributed by atoms with Crippen LogP contribution in [0, 0.1) is 0 Å². The van der Waals surface area contributed by atoms with Gasteiger partial charge in [0.1, 0.15) is 5.54 Å². The van der Waals surface area contributed by atoms with E-state index in [1.54, 1.807) is 36.9 Å². The lowest BCUT2D eigenvalue weighted by molar-refractivity contribution is -0.130. The normalized spacial score (nSPS) is 20.9. The molecule has 6 nitrogen and oxygen atoms in total. The Balaban J connectivity index is 1.45. The van der Waals surface area contributed by atoms with Crippen molar-refractivity contribution in [3.8, 4) is 11.5 Å². The van der Waals surface area contributed by atoms with Crippen molar-refractivity contribution in [3.63, 3.8) is 0 Å². The number of hydrogen-bond donors (Lipinski definition) is 1. The van der Waals surface area contributed by atoms with Crippen molar-refractivity contribution in [2.45, 2.75) is 17.4 Å². The van der Waals surface area contributed by atoms with E-state index in [4.69, 9.17) is 21.1 Å². The molecule has 1 saturated heterocycles. The largest absolute Gasteiger partial charge is 0.454 e. The Bertz CT molecular complexity index is 905. The maximum atomic E-state index is 13.0. The van der Waals surface area contributed by atoms with Gasteiger partial charge in [-0.25, -0.2) is 4.79 Å². The summed E-state index contributed by atoms with van der Waals surface area (Å²) in [4.78, 5) is 27.7. The van der Waals surface area contributed by atoms with Gasteiger partial charge in [-0.15, -0.1) is 11.8 Å². The fourth-order valence-corrected chi connectivity index (χ4v) is 4.05. The van der Waals surface area contributed by atoms with Gasteiger partial charge in [0.25, 0.3) is 5.91 Å². The predicted octanol–water partition coefficient (Wildman–Crippen LogP) is 3.63. The molecule has 0 radical (unpaired) electrons. The van der Waals surface area contributed by atoms with Crippen LogP contribution in [0.15, 0.2) is 47.4 Å². The second-order valence-electron chi connectivity index (χ2n) is 6.38. The Labute approximate surface area is 165 Å². The molecule has 0 saturated carbocycles. The first-order valence-electron chi connectivity index (χ1n) is 8.40. The Morgan fingerprint density at radius 1 is 1.15 bits per heavy atom. The van der Waals surface area contributed by atoms with E-state index in [2.05, 4.69) is 5.32 Å². The number of halogens is 1. The van der Waals surface area contributed by atoms with E-state index in [1.165, 1.54) is 4.90 Å². The topological polar surface area (TPSA) is 67.9 Å². The summed E-state index contributed by atoms with van der Waals surface area (Å²) in [5, 5.41) is 3.48. The number of ether oxygens (including phenoxy) is 2. The van der Waals surface area contributed by atoms with Gasteiger partial charge in [0.05, 0.1) is 0 Å². The van der Waals surface area contributed by atoms with Crippen LogP contribution in [0.3, 0.4) is 0 Å². The molecule has 3 amide bonds. The minimum atomic E-state index is -1.12. The fourth-order valence-electron chi connectivity index (χ4n) is 3.09. The molecule has 2 aromatic carbocycles. The minimum Gasteiger partial charge on any atom is -0.454 e. The number of urea groups is 1. The highest BCUT2D eigenvalue weighted by molar-refractivity contribution is 7.99. The molecule has 27 heavy (non-hydrogen) atoms. The van der Waals surface area contributed by atoms with Crippen LogP contribution in [0.4, 0.5) is 4.79 Å². The van der Waals surface area contributed by atoms with Crippen molar-refractivity contribution in [3.05, 3.63) is 53.1 Å². The Morgan fingerprint density at radius 3 is 2.67 bits per heavy atom. The van der Waals surface area contributed by atoms with Crippen LogP contribution in [0.1, 0.15) is 12.5 Å². The third kappa shape index (κ3) is 3.33. The molecule has 2 aliphatic rings. The van der Waals surface area contributed by atoms with Crippen molar-refractivity contribution in [2.75, 3.05) is 19.1 Å². The average molecular weight is 405 g/mol. The molecular formula is C19H17ClN2O4S. The number of hydrogen-bond acceptors (Lipinski definition) is 5. The molecule has 1 atom stereocenters. The lowest BCUT2D eigenvalue weighted by Gasteiger charge is -2.22. The smallest absolute Gasteiger partial charge is 0.325 e. The van der Waals surface area contributed by atoms with Crippen LogP contribution in [-0.4, -0.2) is 35.9 Å². The zero-order valence-electron chi connectivity index (χ0n) is 14.5. The van der Waals surface area contributed by atoms with E-state index in [0.29, 0.717) is 34.4 Å². The van der Waals surface area contributed by atoms with Crippen LogP contribution >= 0.6 is 23.4 Å². The lowest BCUT2D eigenvalue weighted by atomic mass is 9.91. The first kappa shape index (κ1) is 18.0. The van der Waals surface area contributed by atoms with E-state index >= 15 is 0 Å². The first-order valence-corrected chi connectivity index (χ1v) is 9.76. The Kier molecular flexibility index (Phi) is 4.65. The second kappa shape index (κ2) is 6.98. The van der Waals surface area contributed by atoms with Crippen molar-refractivity contribution in [2.24, 2.45) is 0 Å². The summed E-state index contributed by atoms with van der Waals surface area (Å²) < 4.78 is 10.7. The molecule has 1 N–H and O–H groups in total. The van der Waals surface area contributed by atoms with Crippen LogP contribution in [0.2, 0.25) is 5.02 Å². The molecule has 1 fully saturated rings. The number of nitrogens with one attached hydrogen (secondary N) is 1. The number of carbonyl (C=O) groups excluding carboxylic acids is 2. The van der Waals surface area contributed by atoms with Gasteiger partial charge in [-0.3, -0.25) is 9.69 Å². The molecule has 8 heteroatoms. The Hall–Kier alpha value is -2.38. The van der Waals surface area contributed by atoms with Crippen molar-refractivity contribution < 1.29 is 19.1 Å². The fraction of sp³-hybridized carbons (Fsp3) is 0.263. The van der Waals surface area contributed by atoms with Crippen LogP contribution < -0.4 is 14.8 Å². The molecule has 0 spiro atoms. The van der Waals surface area contributed by atoms with Gasteiger partial charge in [0.2, 0.25) is 6.79 Å². The lowest BCUT2D eigenvalue weighted by Crippen LogP contribution is -2.41. The number of carbonyl (C=O) groups is 2. The summed E-state index contributed by atoms with van der Waals surface area (Å²) in [5.74, 6) is 1.53. The van der Waals surface area contributed by atoms with Gasteiger partial charge in [-0.1, -0.05) is 17.7 Å². The number of thioether (sulfide) groups is 1. The van der Waals surface area contributed by atoms with Crippen molar-refractivity contribution >= 4 is 35.3 Å². The zero-order chi connectivity index (χ0) is 19.0. The van der Waals surface area contributed by atoms with E-state index < -0.39 is 11.6 Å². The number of imide groups is 1. The van der Waals surface area contributed by atoms with E-state index in [-0.39, 0.29) is 12.7 Å². The van der Waals surface area contributed by atoms with Crippen LogP contribution in [0.25, 0.3) is 0 Å². The summed E-state index contributed by atoms with van der Waals surface area (Å²) in [7, 11) is 0. The minimum absolute atomic E-state index is 0.157. The number of nitrogens with zero attached hydrogens (tertiary/aromatic N) is 1. The second-order valence-corrected chi connectivity index (χ2v) is 7.99. The number of fused-ring (bicyclic) bond motifs is 1. The first-order chi connectivity index (χ1) is 13.0. The molecule has 2 heterocycles. The summed E-state index contributed by atoms with van der Waals surface area (Å²) in [5.41, 5.74) is -0.457. The van der Waals surface area contributed by atoms with Crippen molar-refractivity contribution in [1.29, 1.82) is 0 Å². The number of benzene rings is 2. The van der Waals surface area contributed by atoms with Gasteiger partial charge in [-0.2, -0.15) is 0 Å². The molecule has 2 aromatic rings. The highest BCUT2D eigenvalue weighted by Crippen LogP contribution is 2.38.